The molecule has 13 aromatic rings. The molecule has 1 aliphatic heterocycles. The van der Waals surface area contributed by atoms with Gasteiger partial charge in [-0.05, 0) is 100 Å². The highest BCUT2D eigenvalue weighted by Crippen LogP contribution is 2.63. The van der Waals surface area contributed by atoms with Gasteiger partial charge in [0.2, 0.25) is 0 Å². The van der Waals surface area contributed by atoms with Gasteiger partial charge in [0.05, 0.1) is 16.4 Å². The summed E-state index contributed by atoms with van der Waals surface area (Å²) in [6, 6.07) is 74.5. The molecule has 15 rings (SSSR count). The Bertz CT molecular complexity index is 4190. The molecular weight excluding hydrogens is 859 g/mol. The lowest BCUT2D eigenvalue weighted by Crippen LogP contribution is -2.32. The van der Waals surface area contributed by atoms with Crippen LogP contribution in [0.1, 0.15) is 22.3 Å². The van der Waals surface area contributed by atoms with E-state index in [2.05, 4.69) is 179 Å². The van der Waals surface area contributed by atoms with Crippen LogP contribution >= 0.6 is 0 Å². The molecule has 0 saturated carbocycles. The first-order chi connectivity index (χ1) is 34.7. The van der Waals surface area contributed by atoms with Crippen molar-refractivity contribution in [3.8, 4) is 73.6 Å². The van der Waals surface area contributed by atoms with Gasteiger partial charge in [0.1, 0.15) is 22.7 Å². The number of ether oxygens (including phenoxy) is 1. The zero-order chi connectivity index (χ0) is 45.9. The van der Waals surface area contributed by atoms with Gasteiger partial charge in [-0.2, -0.15) is 0 Å². The van der Waals surface area contributed by atoms with Crippen molar-refractivity contribution in [1.82, 2.24) is 24.5 Å². The Morgan fingerprint density at radius 1 is 0.400 bits per heavy atom. The smallest absolute Gasteiger partial charge is 0.164 e. The first-order valence-corrected chi connectivity index (χ1v) is 23.5. The molecule has 0 amide bonds. The maximum Gasteiger partial charge on any atom is 0.164 e. The predicted molar refractivity (Wildman–Crippen MR) is 278 cm³/mol. The molecule has 9 aromatic carbocycles. The Balaban J connectivity index is 0.901. The second-order valence-corrected chi connectivity index (χ2v) is 18.1. The molecule has 4 aromatic heterocycles. The minimum absolute atomic E-state index is 0.565. The van der Waals surface area contributed by atoms with Crippen molar-refractivity contribution in [2.24, 2.45) is 0 Å². The third kappa shape index (κ3) is 5.45. The Morgan fingerprint density at radius 2 is 1.01 bits per heavy atom. The fourth-order valence-electron chi connectivity index (χ4n) is 11.5. The number of aromatic nitrogens is 5. The highest BCUT2D eigenvalue weighted by atomic mass is 16.5. The van der Waals surface area contributed by atoms with E-state index < -0.39 is 5.41 Å². The first kappa shape index (κ1) is 38.6. The van der Waals surface area contributed by atoms with E-state index in [4.69, 9.17) is 24.1 Å². The van der Waals surface area contributed by atoms with Crippen LogP contribution in [0, 0.1) is 0 Å². The van der Waals surface area contributed by atoms with Crippen LogP contribution in [0.25, 0.3) is 106 Å². The maximum atomic E-state index is 6.67. The van der Waals surface area contributed by atoms with Crippen LogP contribution in [0.5, 0.6) is 11.5 Å². The van der Waals surface area contributed by atoms with Crippen LogP contribution in [0.3, 0.4) is 0 Å². The van der Waals surface area contributed by atoms with E-state index in [1.165, 1.54) is 22.3 Å². The monoisotopic (exact) mass is 895 g/mol. The Hall–Kier alpha value is -9.46. The molecule has 0 unspecified atom stereocenters. The SMILES string of the molecule is c1ccc(-c2nc(-c3ccc(-n4c5ccccc5c5cnccc54)cc3)nc(-c3cccc4oc5ccc(-c6cccc7c6-c6ccccc6C76c7ccccc7Oc7ccccc76)cc5c34)n2)cc1. The van der Waals surface area contributed by atoms with Crippen LogP contribution in [0.15, 0.2) is 229 Å². The molecule has 5 heterocycles. The fraction of sp³-hybridized carbons (Fsp3) is 0.0159. The average Bonchev–Trinajstić information content (AvgIpc) is 4.08. The Kier molecular flexibility index (Phi) is 8.15. The largest absolute Gasteiger partial charge is 0.457 e. The van der Waals surface area contributed by atoms with Gasteiger partial charge < -0.3 is 13.7 Å². The molecule has 1 aliphatic carbocycles. The third-order valence-corrected chi connectivity index (χ3v) is 14.4. The van der Waals surface area contributed by atoms with Gasteiger partial charge in [-0.1, -0.05) is 146 Å². The fourth-order valence-corrected chi connectivity index (χ4v) is 11.5. The van der Waals surface area contributed by atoms with E-state index in [1.807, 2.05) is 54.9 Å². The molecule has 0 atom stereocenters. The highest BCUT2D eigenvalue weighted by molar-refractivity contribution is 6.13. The van der Waals surface area contributed by atoms with Gasteiger partial charge in [-0.15, -0.1) is 0 Å². The molecular formula is C63H37N5O2. The summed E-state index contributed by atoms with van der Waals surface area (Å²) in [5, 5.41) is 4.21. The van der Waals surface area contributed by atoms with Crippen molar-refractivity contribution in [3.05, 3.63) is 247 Å². The van der Waals surface area contributed by atoms with E-state index >= 15 is 0 Å². The van der Waals surface area contributed by atoms with Crippen molar-refractivity contribution in [1.29, 1.82) is 0 Å². The van der Waals surface area contributed by atoms with Crippen LogP contribution in [0.4, 0.5) is 0 Å². The molecule has 0 fully saturated rings. The molecule has 0 N–H and O–H groups in total. The molecule has 0 radical (unpaired) electrons. The molecule has 0 saturated heterocycles. The number of benzene rings is 9. The molecule has 7 heteroatoms. The minimum Gasteiger partial charge on any atom is -0.457 e. The second-order valence-electron chi connectivity index (χ2n) is 18.1. The number of hydrogen-bond donors (Lipinski definition) is 0. The van der Waals surface area contributed by atoms with E-state index in [0.29, 0.717) is 17.5 Å². The van der Waals surface area contributed by atoms with Crippen molar-refractivity contribution in [2.75, 3.05) is 0 Å². The van der Waals surface area contributed by atoms with Gasteiger partial charge in [0.25, 0.3) is 0 Å². The van der Waals surface area contributed by atoms with E-state index in [0.717, 1.165) is 99.9 Å². The predicted octanol–water partition coefficient (Wildman–Crippen LogP) is 15.4. The topological polar surface area (TPSA) is 78.9 Å². The van der Waals surface area contributed by atoms with Crippen LogP contribution in [-0.2, 0) is 5.41 Å². The Labute approximate surface area is 401 Å². The number of nitrogens with zero attached hydrogens (tertiary/aromatic N) is 5. The van der Waals surface area contributed by atoms with Crippen LogP contribution < -0.4 is 4.74 Å². The third-order valence-electron chi connectivity index (χ3n) is 14.4. The minimum atomic E-state index is -0.567. The summed E-state index contributed by atoms with van der Waals surface area (Å²) >= 11 is 0. The normalized spacial score (nSPS) is 13.1. The molecule has 0 bridgehead atoms. The second kappa shape index (κ2) is 14.8. The molecule has 7 nitrogen and oxygen atoms in total. The van der Waals surface area contributed by atoms with Gasteiger partial charge in [0, 0.05) is 67.4 Å². The van der Waals surface area contributed by atoms with Crippen LogP contribution in [0.2, 0.25) is 0 Å². The van der Waals surface area contributed by atoms with E-state index in [1.54, 1.807) is 0 Å². The molecule has 326 valence electrons. The maximum absolute atomic E-state index is 6.67. The summed E-state index contributed by atoms with van der Waals surface area (Å²) in [6.45, 7) is 0. The lowest BCUT2D eigenvalue weighted by Gasteiger charge is -2.39. The quantitative estimate of drug-likeness (QED) is 0.171. The van der Waals surface area contributed by atoms with Gasteiger partial charge in [-0.25, -0.2) is 15.0 Å². The standard InChI is InChI=1S/C63H37N5O2/c1-2-14-38(15-3-1)60-65-61(39-28-31-41(32-29-39)68-52-24-9-5-16-43(52)47-37-64-35-34-53(47)68)67-62(66-60)45-19-13-27-57-59(45)46-36-40(30-33-54(46)69-57)42-18-12-23-51-58(42)44-17-4-6-20-48(44)63(51)49-21-7-10-25-55(49)70-56-26-11-8-22-50(56)63/h1-37H. The zero-order valence-corrected chi connectivity index (χ0v) is 37.4. The van der Waals surface area contributed by atoms with E-state index in [9.17, 15) is 0 Å². The van der Waals surface area contributed by atoms with Gasteiger partial charge in [0.15, 0.2) is 17.5 Å². The van der Waals surface area contributed by atoms with Gasteiger partial charge in [-0.3, -0.25) is 4.98 Å². The Morgan fingerprint density at radius 3 is 1.83 bits per heavy atom. The van der Waals surface area contributed by atoms with E-state index in [-0.39, 0.29) is 0 Å². The summed E-state index contributed by atoms with van der Waals surface area (Å²) < 4.78 is 15.6. The zero-order valence-electron chi connectivity index (χ0n) is 37.4. The summed E-state index contributed by atoms with van der Waals surface area (Å²) in [5.74, 6) is 3.48. The summed E-state index contributed by atoms with van der Waals surface area (Å²) in [5.41, 5.74) is 16.3. The van der Waals surface area contributed by atoms with Crippen molar-refractivity contribution >= 4 is 43.7 Å². The lowest BCUT2D eigenvalue weighted by atomic mass is 9.66. The van der Waals surface area contributed by atoms with Crippen molar-refractivity contribution < 1.29 is 9.15 Å². The molecule has 2 aliphatic rings. The number of para-hydroxylation sites is 3. The summed E-state index contributed by atoms with van der Waals surface area (Å²) in [7, 11) is 0. The highest BCUT2D eigenvalue weighted by Gasteiger charge is 2.51. The summed E-state index contributed by atoms with van der Waals surface area (Å²) in [6.07, 6.45) is 3.79. The van der Waals surface area contributed by atoms with Crippen molar-refractivity contribution in [2.45, 2.75) is 5.41 Å². The molecule has 1 spiro atoms. The number of fused-ring (bicyclic) bond motifs is 15. The van der Waals surface area contributed by atoms with Gasteiger partial charge >= 0.3 is 0 Å². The molecule has 70 heavy (non-hydrogen) atoms. The van der Waals surface area contributed by atoms with Crippen molar-refractivity contribution in [3.63, 3.8) is 0 Å². The van der Waals surface area contributed by atoms with Crippen LogP contribution in [-0.4, -0.2) is 24.5 Å². The number of rotatable bonds is 5. The average molecular weight is 896 g/mol. The number of pyridine rings is 1. The number of furan rings is 1. The first-order valence-electron chi connectivity index (χ1n) is 23.5. The lowest BCUT2D eigenvalue weighted by molar-refractivity contribution is 0.436. The summed E-state index contributed by atoms with van der Waals surface area (Å²) in [4.78, 5) is 20.1. The number of hydrogen-bond acceptors (Lipinski definition) is 6.